The third-order valence-corrected chi connectivity index (χ3v) is 5.92. The highest BCUT2D eigenvalue weighted by Crippen LogP contribution is 2.56. The first kappa shape index (κ1) is 18.5. The van der Waals surface area contributed by atoms with Crippen molar-refractivity contribution in [3.63, 3.8) is 0 Å². The van der Waals surface area contributed by atoms with Crippen LogP contribution in [0.3, 0.4) is 0 Å². The van der Waals surface area contributed by atoms with E-state index in [1.54, 1.807) is 25.1 Å². The average Bonchev–Trinajstić information content (AvgIpc) is 2.61. The number of halogens is 1. The van der Waals surface area contributed by atoms with Gasteiger partial charge in [0, 0.05) is 11.8 Å². The van der Waals surface area contributed by atoms with Gasteiger partial charge in [0.2, 0.25) is 0 Å². The molecule has 0 amide bonds. The minimum atomic E-state index is -0.945. The number of phenolic OH excluding ortho intramolecular Hbond substituents is 1. The largest absolute Gasteiger partial charge is 0.503 e. The monoisotopic (exact) mass is 372 g/mol. The third-order valence-electron chi connectivity index (χ3n) is 5.64. The molecule has 2 aliphatic rings. The van der Waals surface area contributed by atoms with Gasteiger partial charge in [0.05, 0.1) is 17.5 Å². The van der Waals surface area contributed by atoms with Crippen LogP contribution >= 0.6 is 11.6 Å². The number of fused-ring (bicyclic) bond motifs is 1. The predicted octanol–water partition coefficient (Wildman–Crippen LogP) is 4.37. The molecule has 0 spiro atoms. The van der Waals surface area contributed by atoms with Crippen LogP contribution in [0.15, 0.2) is 48.1 Å². The molecule has 1 aromatic carbocycles. The lowest BCUT2D eigenvalue weighted by Crippen LogP contribution is -2.49. The molecular weight excluding hydrogens is 352 g/mol. The summed E-state index contributed by atoms with van der Waals surface area (Å²) in [6.07, 6.45) is 5.61. The molecule has 1 aromatic rings. The number of benzene rings is 1. The van der Waals surface area contributed by atoms with Crippen molar-refractivity contribution in [2.45, 2.75) is 26.2 Å². The lowest BCUT2D eigenvalue weighted by Gasteiger charge is -2.47. The molecule has 0 saturated heterocycles. The second kappa shape index (κ2) is 6.44. The van der Waals surface area contributed by atoms with Crippen molar-refractivity contribution in [3.8, 4) is 11.5 Å². The predicted molar refractivity (Wildman–Crippen MR) is 101 cm³/mol. The normalized spacial score (nSPS) is 28.2. The number of aromatic hydroxyl groups is 1. The zero-order valence-corrected chi connectivity index (χ0v) is 15.8. The van der Waals surface area contributed by atoms with Crippen LogP contribution in [0.1, 0.15) is 31.7 Å². The van der Waals surface area contributed by atoms with Crippen LogP contribution in [0.2, 0.25) is 5.02 Å². The summed E-state index contributed by atoms with van der Waals surface area (Å²) in [7, 11) is 1.44. The first-order valence-electron chi connectivity index (χ1n) is 8.41. The Morgan fingerprint density at radius 3 is 2.69 bits per heavy atom. The molecule has 2 aliphatic carbocycles. The van der Waals surface area contributed by atoms with Crippen molar-refractivity contribution in [1.29, 1.82) is 0 Å². The number of hydrogen-bond donors (Lipinski definition) is 1. The Morgan fingerprint density at radius 2 is 2.08 bits per heavy atom. The number of ketones is 2. The van der Waals surface area contributed by atoms with Gasteiger partial charge in [-0.05, 0) is 48.3 Å². The molecule has 0 fully saturated rings. The van der Waals surface area contributed by atoms with Gasteiger partial charge in [0.15, 0.2) is 23.1 Å². The summed E-state index contributed by atoms with van der Waals surface area (Å²) < 4.78 is 5.22. The van der Waals surface area contributed by atoms with Gasteiger partial charge in [-0.1, -0.05) is 37.3 Å². The molecule has 0 saturated carbocycles. The molecule has 3 atom stereocenters. The smallest absolute Gasteiger partial charge is 0.176 e. The summed E-state index contributed by atoms with van der Waals surface area (Å²) in [6.45, 7) is 7.39. The Balaban J connectivity index is 2.27. The van der Waals surface area contributed by atoms with E-state index in [0.29, 0.717) is 17.6 Å². The van der Waals surface area contributed by atoms with Crippen molar-refractivity contribution in [3.05, 3.63) is 58.7 Å². The highest BCUT2D eigenvalue weighted by atomic mass is 35.5. The molecule has 0 aromatic heterocycles. The first-order chi connectivity index (χ1) is 12.2. The van der Waals surface area contributed by atoms with Gasteiger partial charge >= 0.3 is 0 Å². The van der Waals surface area contributed by atoms with Crippen LogP contribution in [0.4, 0.5) is 0 Å². The summed E-state index contributed by atoms with van der Waals surface area (Å²) in [4.78, 5) is 25.8. The Bertz CT molecular complexity index is 880. The van der Waals surface area contributed by atoms with Crippen molar-refractivity contribution in [2.75, 3.05) is 7.11 Å². The number of ether oxygens (including phenoxy) is 1. The maximum atomic E-state index is 13.2. The highest BCUT2D eigenvalue weighted by Gasteiger charge is 2.55. The molecular formula is C21H21ClO4. The number of Topliss-reactive ketones (excluding diaryl/α,β-unsaturated/α-hetero) is 1. The van der Waals surface area contributed by atoms with Crippen LogP contribution in [-0.4, -0.2) is 23.8 Å². The van der Waals surface area contributed by atoms with Crippen LogP contribution in [0.5, 0.6) is 11.5 Å². The van der Waals surface area contributed by atoms with Gasteiger partial charge in [0.25, 0.3) is 0 Å². The summed E-state index contributed by atoms with van der Waals surface area (Å²) in [5, 5.41) is 10.2. The standard InChI is InChI=1S/C21H21ClO4/c1-5-12-6-7-14-16(23)8-11(2)20(25)21(14,3)18(12)13-9-15(22)19(24)17(10-13)26-4/h5-6,8-10,14,18,24H,1,7H2,2-4H3. The van der Waals surface area contributed by atoms with Crippen molar-refractivity contribution in [1.82, 2.24) is 0 Å². The van der Waals surface area contributed by atoms with Crippen molar-refractivity contribution in [2.24, 2.45) is 11.3 Å². The van der Waals surface area contributed by atoms with E-state index in [4.69, 9.17) is 16.3 Å². The van der Waals surface area contributed by atoms with E-state index in [2.05, 4.69) is 6.58 Å². The van der Waals surface area contributed by atoms with Crippen LogP contribution in [0.25, 0.3) is 0 Å². The summed E-state index contributed by atoms with van der Waals surface area (Å²) >= 11 is 6.18. The molecule has 3 rings (SSSR count). The Hall–Kier alpha value is -2.33. The number of rotatable bonds is 3. The van der Waals surface area contributed by atoms with E-state index in [0.717, 1.165) is 5.57 Å². The van der Waals surface area contributed by atoms with E-state index in [-0.39, 0.29) is 28.1 Å². The summed E-state index contributed by atoms with van der Waals surface area (Å²) in [5.41, 5.74) is 1.09. The fourth-order valence-electron chi connectivity index (χ4n) is 4.33. The maximum absolute atomic E-state index is 13.2. The molecule has 4 nitrogen and oxygen atoms in total. The minimum absolute atomic E-state index is 0.0363. The van der Waals surface area contributed by atoms with E-state index in [1.807, 2.05) is 13.0 Å². The molecule has 3 unspecified atom stereocenters. The number of allylic oxidation sites excluding steroid dienone is 5. The lowest BCUT2D eigenvalue weighted by atomic mass is 9.53. The Labute approximate surface area is 157 Å². The molecule has 0 heterocycles. The van der Waals surface area contributed by atoms with E-state index in [9.17, 15) is 14.7 Å². The van der Waals surface area contributed by atoms with Crippen LogP contribution in [0, 0.1) is 11.3 Å². The van der Waals surface area contributed by atoms with Crippen LogP contribution in [-0.2, 0) is 9.59 Å². The molecule has 0 aliphatic heterocycles. The fourth-order valence-corrected chi connectivity index (χ4v) is 4.54. The fraction of sp³-hybridized carbons (Fsp3) is 0.333. The van der Waals surface area contributed by atoms with Gasteiger partial charge in [-0.15, -0.1) is 0 Å². The van der Waals surface area contributed by atoms with Crippen LogP contribution < -0.4 is 4.74 Å². The molecule has 1 N–H and O–H groups in total. The topological polar surface area (TPSA) is 63.6 Å². The first-order valence-corrected chi connectivity index (χ1v) is 8.79. The quantitative estimate of drug-likeness (QED) is 0.855. The Morgan fingerprint density at radius 1 is 1.38 bits per heavy atom. The van der Waals surface area contributed by atoms with Gasteiger partial charge in [-0.2, -0.15) is 0 Å². The second-order valence-corrected chi connectivity index (χ2v) is 7.43. The molecule has 26 heavy (non-hydrogen) atoms. The number of hydrogen-bond acceptors (Lipinski definition) is 4. The molecule has 0 bridgehead atoms. The van der Waals surface area contributed by atoms with E-state index >= 15 is 0 Å². The summed E-state index contributed by atoms with van der Waals surface area (Å²) in [5.74, 6) is -0.865. The number of phenols is 1. The van der Waals surface area contributed by atoms with Gasteiger partial charge < -0.3 is 9.84 Å². The Kier molecular flexibility index (Phi) is 4.57. The summed E-state index contributed by atoms with van der Waals surface area (Å²) in [6, 6.07) is 3.29. The second-order valence-electron chi connectivity index (χ2n) is 7.02. The van der Waals surface area contributed by atoms with Gasteiger partial charge in [-0.3, -0.25) is 9.59 Å². The van der Waals surface area contributed by atoms with Gasteiger partial charge in [-0.25, -0.2) is 0 Å². The molecule has 136 valence electrons. The molecule has 0 radical (unpaired) electrons. The maximum Gasteiger partial charge on any atom is 0.176 e. The zero-order valence-electron chi connectivity index (χ0n) is 15.0. The van der Waals surface area contributed by atoms with Crippen molar-refractivity contribution < 1.29 is 19.4 Å². The molecule has 5 heteroatoms. The van der Waals surface area contributed by atoms with Crippen molar-refractivity contribution >= 4 is 23.2 Å². The number of carbonyl (C=O) groups excluding carboxylic acids is 2. The zero-order chi connectivity index (χ0) is 19.2. The van der Waals surface area contributed by atoms with E-state index in [1.165, 1.54) is 13.2 Å². The number of methoxy groups -OCH3 is 1. The number of carbonyl (C=O) groups is 2. The third kappa shape index (κ3) is 2.52. The lowest BCUT2D eigenvalue weighted by molar-refractivity contribution is -0.137. The van der Waals surface area contributed by atoms with E-state index < -0.39 is 17.3 Å². The minimum Gasteiger partial charge on any atom is -0.503 e. The SMILES string of the molecule is C=CC1=CCC2C(=O)C=C(C)C(=O)C2(C)C1c1cc(Cl)c(O)c(OC)c1. The highest BCUT2D eigenvalue weighted by molar-refractivity contribution is 6.32. The van der Waals surface area contributed by atoms with Gasteiger partial charge in [0.1, 0.15) is 0 Å². The average molecular weight is 373 g/mol.